The first-order chi connectivity index (χ1) is 9.26. The number of benzene rings is 1. The van der Waals surface area contributed by atoms with Crippen LogP contribution in [0.5, 0.6) is 0 Å². The Hall–Kier alpha value is -1.35. The van der Waals surface area contributed by atoms with Gasteiger partial charge in [0.25, 0.3) is 0 Å². The number of aliphatic hydroxyl groups excluding tert-OH is 1. The zero-order valence-electron chi connectivity index (χ0n) is 11.6. The van der Waals surface area contributed by atoms with Crippen LogP contribution in [0.15, 0.2) is 24.3 Å². The molecule has 1 fully saturated rings. The van der Waals surface area contributed by atoms with Crippen LogP contribution in [0.3, 0.4) is 0 Å². The number of anilines is 1. The predicted molar refractivity (Wildman–Crippen MR) is 77.0 cm³/mol. The summed E-state index contributed by atoms with van der Waals surface area (Å²) in [5, 5.41) is 12.4. The average molecular weight is 261 g/mol. The van der Waals surface area contributed by atoms with Gasteiger partial charge < -0.3 is 10.4 Å². The molecule has 19 heavy (non-hydrogen) atoms. The first-order valence-corrected chi connectivity index (χ1v) is 7.26. The van der Waals surface area contributed by atoms with Crippen LogP contribution in [-0.2, 0) is 11.2 Å². The Labute approximate surface area is 115 Å². The van der Waals surface area contributed by atoms with E-state index < -0.39 is 0 Å². The maximum absolute atomic E-state index is 12.4. The van der Waals surface area contributed by atoms with Gasteiger partial charge in [-0.25, -0.2) is 0 Å². The molecular weight excluding hydrogens is 238 g/mol. The standard InChI is InChI=1S/C16H23NO2/c1-2-12-7-4-6-10-15(12)17-16(19)14-9-5-3-8-13(14)11-18/h4,6-7,10,13-14,18H,2-3,5,8-9,11H2,1H3,(H,17,19). The van der Waals surface area contributed by atoms with E-state index in [0.29, 0.717) is 0 Å². The van der Waals surface area contributed by atoms with Crippen molar-refractivity contribution in [2.45, 2.75) is 39.0 Å². The number of carbonyl (C=O) groups is 1. The molecule has 0 saturated heterocycles. The van der Waals surface area contributed by atoms with E-state index in [0.717, 1.165) is 43.4 Å². The molecule has 2 atom stereocenters. The van der Waals surface area contributed by atoms with Crippen LogP contribution in [0, 0.1) is 11.8 Å². The molecule has 0 heterocycles. The van der Waals surface area contributed by atoms with Crippen LogP contribution in [0.2, 0.25) is 0 Å². The minimum atomic E-state index is -0.0383. The molecule has 3 heteroatoms. The third-order valence-corrected chi connectivity index (χ3v) is 4.14. The maximum atomic E-state index is 12.4. The number of aryl methyl sites for hydroxylation is 1. The first-order valence-electron chi connectivity index (χ1n) is 7.26. The molecule has 1 amide bonds. The molecule has 1 aromatic rings. The second-order valence-electron chi connectivity index (χ2n) is 5.33. The van der Waals surface area contributed by atoms with Crippen LogP contribution in [0.25, 0.3) is 0 Å². The number of hydrogen-bond donors (Lipinski definition) is 2. The van der Waals surface area contributed by atoms with Gasteiger partial charge in [0.05, 0.1) is 0 Å². The molecule has 0 aliphatic heterocycles. The van der Waals surface area contributed by atoms with Crippen molar-refractivity contribution in [3.05, 3.63) is 29.8 Å². The van der Waals surface area contributed by atoms with Crippen molar-refractivity contribution in [3.63, 3.8) is 0 Å². The number of rotatable bonds is 4. The summed E-state index contributed by atoms with van der Waals surface area (Å²) in [5.74, 6) is 0.158. The molecule has 104 valence electrons. The zero-order valence-corrected chi connectivity index (χ0v) is 11.6. The van der Waals surface area contributed by atoms with Crippen molar-refractivity contribution >= 4 is 11.6 Å². The minimum absolute atomic E-state index is 0.0383. The first kappa shape index (κ1) is 14.1. The minimum Gasteiger partial charge on any atom is -0.396 e. The molecule has 2 unspecified atom stereocenters. The second-order valence-corrected chi connectivity index (χ2v) is 5.33. The molecule has 3 nitrogen and oxygen atoms in total. The molecule has 0 bridgehead atoms. The number of para-hydroxylation sites is 1. The van der Waals surface area contributed by atoms with Crippen LogP contribution in [0.1, 0.15) is 38.2 Å². The van der Waals surface area contributed by atoms with Gasteiger partial charge >= 0.3 is 0 Å². The summed E-state index contributed by atoms with van der Waals surface area (Å²) in [6, 6.07) is 7.93. The van der Waals surface area contributed by atoms with Crippen molar-refractivity contribution in [3.8, 4) is 0 Å². The summed E-state index contributed by atoms with van der Waals surface area (Å²) in [6.07, 6.45) is 4.98. The molecule has 2 N–H and O–H groups in total. The highest BCUT2D eigenvalue weighted by Gasteiger charge is 2.30. The number of hydrogen-bond acceptors (Lipinski definition) is 2. The number of nitrogens with one attached hydrogen (secondary N) is 1. The fraction of sp³-hybridized carbons (Fsp3) is 0.562. The fourth-order valence-corrected chi connectivity index (χ4v) is 2.95. The summed E-state index contributed by atoms with van der Waals surface area (Å²) >= 11 is 0. The molecule has 0 spiro atoms. The second kappa shape index (κ2) is 6.71. The smallest absolute Gasteiger partial charge is 0.227 e. The quantitative estimate of drug-likeness (QED) is 0.875. The Kier molecular flexibility index (Phi) is 4.97. The van der Waals surface area contributed by atoms with E-state index in [-0.39, 0.29) is 24.3 Å². The Balaban J connectivity index is 2.07. The highest BCUT2D eigenvalue weighted by Crippen LogP contribution is 2.31. The van der Waals surface area contributed by atoms with E-state index in [1.807, 2.05) is 24.3 Å². The van der Waals surface area contributed by atoms with Gasteiger partial charge in [-0.3, -0.25) is 4.79 Å². The molecule has 2 rings (SSSR count). The lowest BCUT2D eigenvalue weighted by Crippen LogP contribution is -2.33. The van der Waals surface area contributed by atoms with Crippen LogP contribution in [0.4, 0.5) is 5.69 Å². The molecule has 1 saturated carbocycles. The van der Waals surface area contributed by atoms with E-state index in [2.05, 4.69) is 12.2 Å². The lowest BCUT2D eigenvalue weighted by molar-refractivity contribution is -0.123. The van der Waals surface area contributed by atoms with Gasteiger partial charge in [-0.1, -0.05) is 38.0 Å². The number of amides is 1. The third-order valence-electron chi connectivity index (χ3n) is 4.14. The highest BCUT2D eigenvalue weighted by molar-refractivity contribution is 5.93. The van der Waals surface area contributed by atoms with E-state index in [4.69, 9.17) is 0 Å². The fourth-order valence-electron chi connectivity index (χ4n) is 2.95. The van der Waals surface area contributed by atoms with Crippen molar-refractivity contribution in [2.75, 3.05) is 11.9 Å². The van der Waals surface area contributed by atoms with Crippen LogP contribution < -0.4 is 5.32 Å². The van der Waals surface area contributed by atoms with E-state index in [1.54, 1.807) is 0 Å². The Morgan fingerprint density at radius 1 is 1.32 bits per heavy atom. The molecule has 0 aromatic heterocycles. The van der Waals surface area contributed by atoms with Crippen molar-refractivity contribution in [1.29, 1.82) is 0 Å². The van der Waals surface area contributed by atoms with Crippen molar-refractivity contribution < 1.29 is 9.90 Å². The lowest BCUT2D eigenvalue weighted by Gasteiger charge is -2.29. The molecule has 1 aliphatic rings. The largest absolute Gasteiger partial charge is 0.396 e. The molecule has 0 radical (unpaired) electrons. The van der Waals surface area contributed by atoms with Gasteiger partial charge in [0.1, 0.15) is 0 Å². The van der Waals surface area contributed by atoms with Gasteiger partial charge in [-0.15, -0.1) is 0 Å². The van der Waals surface area contributed by atoms with E-state index >= 15 is 0 Å². The Morgan fingerprint density at radius 2 is 2.05 bits per heavy atom. The molecular formula is C16H23NO2. The SMILES string of the molecule is CCc1ccccc1NC(=O)C1CCCCC1CO. The average Bonchev–Trinajstić information content (AvgIpc) is 2.47. The van der Waals surface area contributed by atoms with Crippen LogP contribution >= 0.6 is 0 Å². The summed E-state index contributed by atoms with van der Waals surface area (Å²) < 4.78 is 0. The summed E-state index contributed by atoms with van der Waals surface area (Å²) in [7, 11) is 0. The van der Waals surface area contributed by atoms with Gasteiger partial charge in [0, 0.05) is 18.2 Å². The summed E-state index contributed by atoms with van der Waals surface area (Å²) in [6.45, 7) is 2.20. The Morgan fingerprint density at radius 3 is 2.79 bits per heavy atom. The number of aliphatic hydroxyl groups is 1. The molecule has 1 aromatic carbocycles. The van der Waals surface area contributed by atoms with Gasteiger partial charge in [-0.05, 0) is 36.8 Å². The molecule has 1 aliphatic carbocycles. The zero-order chi connectivity index (χ0) is 13.7. The van der Waals surface area contributed by atoms with Crippen LogP contribution in [-0.4, -0.2) is 17.6 Å². The van der Waals surface area contributed by atoms with Crippen molar-refractivity contribution in [1.82, 2.24) is 0 Å². The normalized spacial score (nSPS) is 23.1. The maximum Gasteiger partial charge on any atom is 0.227 e. The Bertz CT molecular complexity index is 431. The topological polar surface area (TPSA) is 49.3 Å². The summed E-state index contributed by atoms with van der Waals surface area (Å²) in [4.78, 5) is 12.4. The third kappa shape index (κ3) is 3.35. The lowest BCUT2D eigenvalue weighted by atomic mass is 9.79. The predicted octanol–water partition coefficient (Wildman–Crippen LogP) is 2.99. The van der Waals surface area contributed by atoms with Crippen molar-refractivity contribution in [2.24, 2.45) is 11.8 Å². The van der Waals surface area contributed by atoms with Gasteiger partial charge in [-0.2, -0.15) is 0 Å². The highest BCUT2D eigenvalue weighted by atomic mass is 16.3. The number of carbonyl (C=O) groups excluding carboxylic acids is 1. The monoisotopic (exact) mass is 261 g/mol. The summed E-state index contributed by atoms with van der Waals surface area (Å²) in [5.41, 5.74) is 2.07. The van der Waals surface area contributed by atoms with Gasteiger partial charge in [0.2, 0.25) is 5.91 Å². The van der Waals surface area contributed by atoms with E-state index in [1.165, 1.54) is 0 Å². The van der Waals surface area contributed by atoms with Gasteiger partial charge in [0.15, 0.2) is 0 Å². The van der Waals surface area contributed by atoms with E-state index in [9.17, 15) is 9.90 Å².